The minimum Gasteiger partial charge on any atom is -0.489 e. The fraction of sp³-hybridized carbons (Fsp3) is 0.0870. The Labute approximate surface area is 193 Å². The van der Waals surface area contributed by atoms with E-state index in [1.165, 1.54) is 17.1 Å². The third-order valence-electron chi connectivity index (χ3n) is 4.50. The van der Waals surface area contributed by atoms with Crippen molar-refractivity contribution in [3.05, 3.63) is 94.8 Å². The number of tetrazole rings is 1. The van der Waals surface area contributed by atoms with Crippen LogP contribution < -0.4 is 10.2 Å². The summed E-state index contributed by atoms with van der Waals surface area (Å²) >= 11 is 6.00. The fourth-order valence-electron chi connectivity index (χ4n) is 2.83. The molecule has 0 spiro atoms. The first kappa shape index (κ1) is 22.1. The van der Waals surface area contributed by atoms with E-state index in [0.29, 0.717) is 22.2 Å². The second kappa shape index (κ2) is 10.5. The molecule has 8 nitrogen and oxygen atoms in total. The molecular weight excluding hydrogens is 447 g/mol. The number of hydrazone groups is 1. The zero-order valence-corrected chi connectivity index (χ0v) is 18.0. The van der Waals surface area contributed by atoms with Gasteiger partial charge in [-0.1, -0.05) is 48.0 Å². The van der Waals surface area contributed by atoms with Crippen molar-refractivity contribution in [2.45, 2.75) is 13.2 Å². The Morgan fingerprint density at radius 1 is 1.09 bits per heavy atom. The van der Waals surface area contributed by atoms with Gasteiger partial charge in [0.2, 0.25) is 5.82 Å². The van der Waals surface area contributed by atoms with Gasteiger partial charge >= 0.3 is 0 Å². The summed E-state index contributed by atoms with van der Waals surface area (Å²) in [5, 5.41) is 16.2. The standard InChI is InChI=1S/C23H18ClFN6O2/c24-20-7-4-8-21(25)19(20)15-33-18-11-9-16(10-12-18)13-26-27-22(32)14-31-29-23(28-30-31)17-5-2-1-3-6-17/h1-13H,14-15H2,(H,27,32)/b26-13-. The molecule has 1 aromatic heterocycles. The number of carbonyl (C=O) groups excluding carboxylic acids is 1. The summed E-state index contributed by atoms with van der Waals surface area (Å²) in [6.45, 7) is -0.111. The molecule has 0 aliphatic rings. The molecule has 0 unspecified atom stereocenters. The number of halogens is 2. The van der Waals surface area contributed by atoms with Gasteiger partial charge in [0.1, 0.15) is 24.7 Å². The SMILES string of the molecule is O=C(Cn1nnc(-c2ccccc2)n1)N/N=C\c1ccc(OCc2c(F)cccc2Cl)cc1. The highest BCUT2D eigenvalue weighted by atomic mass is 35.5. The summed E-state index contributed by atoms with van der Waals surface area (Å²) in [5.74, 6) is 0.165. The van der Waals surface area contributed by atoms with Gasteiger partial charge in [-0.25, -0.2) is 9.82 Å². The van der Waals surface area contributed by atoms with Crippen LogP contribution in [0.2, 0.25) is 5.02 Å². The van der Waals surface area contributed by atoms with Crippen molar-refractivity contribution in [2.75, 3.05) is 0 Å². The molecule has 0 bridgehead atoms. The minimum atomic E-state index is -0.417. The molecule has 1 heterocycles. The van der Waals surface area contributed by atoms with Gasteiger partial charge in [0, 0.05) is 11.1 Å². The lowest BCUT2D eigenvalue weighted by molar-refractivity contribution is -0.122. The molecule has 0 fully saturated rings. The lowest BCUT2D eigenvalue weighted by Crippen LogP contribution is -2.24. The molecule has 166 valence electrons. The number of carbonyl (C=O) groups is 1. The number of rotatable bonds is 8. The van der Waals surface area contributed by atoms with Crippen LogP contribution in [-0.2, 0) is 17.9 Å². The number of hydrogen-bond donors (Lipinski definition) is 1. The van der Waals surface area contributed by atoms with E-state index in [1.807, 2.05) is 30.3 Å². The van der Waals surface area contributed by atoms with E-state index in [-0.39, 0.29) is 13.2 Å². The first-order valence-electron chi connectivity index (χ1n) is 9.89. The van der Waals surface area contributed by atoms with E-state index in [2.05, 4.69) is 25.9 Å². The number of hydrogen-bond acceptors (Lipinski definition) is 6. The maximum Gasteiger partial charge on any atom is 0.263 e. The monoisotopic (exact) mass is 464 g/mol. The van der Waals surface area contributed by atoms with Gasteiger partial charge in [-0.2, -0.15) is 9.90 Å². The molecule has 0 aliphatic carbocycles. The molecule has 0 saturated carbocycles. The normalized spacial score (nSPS) is 11.0. The van der Waals surface area contributed by atoms with Crippen molar-refractivity contribution in [1.29, 1.82) is 0 Å². The van der Waals surface area contributed by atoms with Gasteiger partial charge in [-0.3, -0.25) is 4.79 Å². The fourth-order valence-corrected chi connectivity index (χ4v) is 3.05. The Morgan fingerprint density at radius 2 is 1.88 bits per heavy atom. The van der Waals surface area contributed by atoms with Crippen molar-refractivity contribution >= 4 is 23.7 Å². The summed E-state index contributed by atoms with van der Waals surface area (Å²) in [4.78, 5) is 13.3. The van der Waals surface area contributed by atoms with Gasteiger partial charge in [0.15, 0.2) is 0 Å². The van der Waals surface area contributed by atoms with E-state index in [1.54, 1.807) is 36.4 Å². The van der Waals surface area contributed by atoms with E-state index in [0.717, 1.165) is 11.1 Å². The van der Waals surface area contributed by atoms with Crippen LogP contribution >= 0.6 is 11.6 Å². The Bertz CT molecular complexity index is 1240. The molecule has 1 N–H and O–H groups in total. The Balaban J connectivity index is 1.26. The molecule has 0 aliphatic heterocycles. The smallest absolute Gasteiger partial charge is 0.263 e. The Morgan fingerprint density at radius 3 is 2.64 bits per heavy atom. The van der Waals surface area contributed by atoms with Crippen molar-refractivity contribution in [3.8, 4) is 17.1 Å². The highest BCUT2D eigenvalue weighted by Gasteiger charge is 2.09. The summed E-state index contributed by atoms with van der Waals surface area (Å²) in [6, 6.07) is 20.7. The van der Waals surface area contributed by atoms with Gasteiger partial charge < -0.3 is 4.74 Å². The molecular formula is C23H18ClFN6O2. The van der Waals surface area contributed by atoms with Crippen molar-refractivity contribution in [2.24, 2.45) is 5.10 Å². The largest absolute Gasteiger partial charge is 0.489 e. The molecule has 3 aromatic carbocycles. The summed E-state index contributed by atoms with van der Waals surface area (Å²) in [7, 11) is 0. The van der Waals surface area contributed by atoms with Crippen LogP contribution in [0.3, 0.4) is 0 Å². The zero-order valence-electron chi connectivity index (χ0n) is 17.2. The Kier molecular flexibility index (Phi) is 7.01. The lowest BCUT2D eigenvalue weighted by atomic mass is 10.2. The van der Waals surface area contributed by atoms with Gasteiger partial charge in [0.25, 0.3) is 5.91 Å². The zero-order chi connectivity index (χ0) is 23.0. The molecule has 0 saturated heterocycles. The quantitative estimate of drug-likeness (QED) is 0.315. The summed E-state index contributed by atoms with van der Waals surface area (Å²) in [6.07, 6.45) is 1.49. The number of ether oxygens (including phenoxy) is 1. The van der Waals surface area contributed by atoms with Crippen LogP contribution in [0.1, 0.15) is 11.1 Å². The highest BCUT2D eigenvalue weighted by Crippen LogP contribution is 2.21. The van der Waals surface area contributed by atoms with Crippen LogP contribution in [0.5, 0.6) is 5.75 Å². The number of nitrogens with one attached hydrogen (secondary N) is 1. The summed E-state index contributed by atoms with van der Waals surface area (Å²) < 4.78 is 19.4. The van der Waals surface area contributed by atoms with Crippen LogP contribution in [0, 0.1) is 5.82 Å². The number of benzene rings is 3. The van der Waals surface area contributed by atoms with E-state index >= 15 is 0 Å². The molecule has 0 atom stereocenters. The second-order valence-corrected chi connectivity index (χ2v) is 7.27. The molecule has 1 amide bonds. The van der Waals surface area contributed by atoms with Crippen molar-refractivity contribution in [1.82, 2.24) is 25.6 Å². The molecule has 4 aromatic rings. The molecule has 0 radical (unpaired) electrons. The highest BCUT2D eigenvalue weighted by molar-refractivity contribution is 6.31. The predicted molar refractivity (Wildman–Crippen MR) is 121 cm³/mol. The summed E-state index contributed by atoms with van der Waals surface area (Å²) in [5.41, 5.74) is 4.26. The topological polar surface area (TPSA) is 94.3 Å². The van der Waals surface area contributed by atoms with Crippen LogP contribution in [-0.4, -0.2) is 32.3 Å². The Hall–Kier alpha value is -4.11. The van der Waals surface area contributed by atoms with Crippen molar-refractivity contribution in [3.63, 3.8) is 0 Å². The number of amides is 1. The minimum absolute atomic E-state index is 0.0112. The first-order valence-corrected chi connectivity index (χ1v) is 10.3. The number of aromatic nitrogens is 4. The number of nitrogens with zero attached hydrogens (tertiary/aromatic N) is 5. The van der Waals surface area contributed by atoms with E-state index in [4.69, 9.17) is 16.3 Å². The third-order valence-corrected chi connectivity index (χ3v) is 4.85. The van der Waals surface area contributed by atoms with Crippen LogP contribution in [0.25, 0.3) is 11.4 Å². The third kappa shape index (κ3) is 5.98. The average Bonchev–Trinajstić information content (AvgIpc) is 3.29. The van der Waals surface area contributed by atoms with Gasteiger partial charge in [0.05, 0.1) is 11.2 Å². The lowest BCUT2D eigenvalue weighted by Gasteiger charge is -2.08. The van der Waals surface area contributed by atoms with Gasteiger partial charge in [-0.05, 0) is 47.2 Å². The molecule has 10 heteroatoms. The van der Waals surface area contributed by atoms with Crippen LogP contribution in [0.15, 0.2) is 77.9 Å². The average molecular weight is 465 g/mol. The van der Waals surface area contributed by atoms with E-state index in [9.17, 15) is 9.18 Å². The predicted octanol–water partition coefficient (Wildman–Crippen LogP) is 3.86. The maximum atomic E-state index is 13.8. The second-order valence-electron chi connectivity index (χ2n) is 6.86. The molecule has 4 rings (SSSR count). The van der Waals surface area contributed by atoms with Crippen LogP contribution in [0.4, 0.5) is 4.39 Å². The van der Waals surface area contributed by atoms with Crippen molar-refractivity contribution < 1.29 is 13.9 Å². The maximum absolute atomic E-state index is 13.8. The first-order chi connectivity index (χ1) is 16.1. The molecule has 33 heavy (non-hydrogen) atoms. The van der Waals surface area contributed by atoms with Gasteiger partial charge in [-0.15, -0.1) is 10.2 Å². The van der Waals surface area contributed by atoms with E-state index < -0.39 is 11.7 Å².